The summed E-state index contributed by atoms with van der Waals surface area (Å²) in [7, 11) is -2.65. The maximum absolute atomic E-state index is 11.9. The summed E-state index contributed by atoms with van der Waals surface area (Å²) in [4.78, 5) is 11.9. The van der Waals surface area contributed by atoms with Gasteiger partial charge in [0.15, 0.2) is 0 Å². The van der Waals surface area contributed by atoms with Crippen LogP contribution in [0.1, 0.15) is 32.8 Å². The standard InChI is InChI=1S/C17H30N2O5Si/c1-4-22-25(23-5-2,24-6-3)13-7-12-18-17(21)19-16-10-8-15(14-20)9-11-16/h8-11,20H,4-7,12-14H2,1-3H3,(H2,18,19,21). The number of hydrogen-bond donors (Lipinski definition) is 3. The van der Waals surface area contributed by atoms with Gasteiger partial charge in [0.2, 0.25) is 0 Å². The smallest absolute Gasteiger partial charge is 0.392 e. The number of aliphatic hydroxyl groups is 1. The Morgan fingerprint density at radius 2 is 1.60 bits per heavy atom. The minimum atomic E-state index is -2.65. The number of carbonyl (C=O) groups excluding carboxylic acids is 1. The van der Waals surface area contributed by atoms with Crippen LogP contribution >= 0.6 is 0 Å². The number of rotatable bonds is 12. The molecule has 0 aromatic heterocycles. The number of carbonyl (C=O) groups is 1. The Morgan fingerprint density at radius 3 is 2.08 bits per heavy atom. The van der Waals surface area contributed by atoms with Crippen LogP contribution in [-0.4, -0.2) is 46.3 Å². The highest BCUT2D eigenvalue weighted by atomic mass is 28.4. The van der Waals surface area contributed by atoms with E-state index in [2.05, 4.69) is 10.6 Å². The zero-order valence-corrected chi connectivity index (χ0v) is 16.3. The van der Waals surface area contributed by atoms with Gasteiger partial charge >= 0.3 is 14.8 Å². The van der Waals surface area contributed by atoms with Crippen molar-refractivity contribution in [2.45, 2.75) is 39.8 Å². The van der Waals surface area contributed by atoms with E-state index in [0.29, 0.717) is 44.5 Å². The molecule has 0 radical (unpaired) electrons. The van der Waals surface area contributed by atoms with Crippen LogP contribution < -0.4 is 10.6 Å². The Hall–Kier alpha value is -1.45. The highest BCUT2D eigenvalue weighted by Gasteiger charge is 2.39. The molecule has 1 rings (SSSR count). The van der Waals surface area contributed by atoms with Crippen molar-refractivity contribution < 1.29 is 23.2 Å². The van der Waals surface area contributed by atoms with Gasteiger partial charge in [0.1, 0.15) is 0 Å². The molecule has 0 atom stereocenters. The van der Waals surface area contributed by atoms with Gasteiger partial charge in [0, 0.05) is 38.1 Å². The summed E-state index contributed by atoms with van der Waals surface area (Å²) in [5.74, 6) is 0. The maximum Gasteiger partial charge on any atom is 0.500 e. The van der Waals surface area contributed by atoms with E-state index < -0.39 is 8.80 Å². The average molecular weight is 371 g/mol. The minimum Gasteiger partial charge on any atom is -0.392 e. The molecule has 0 aliphatic rings. The Kier molecular flexibility index (Phi) is 10.4. The van der Waals surface area contributed by atoms with E-state index in [0.717, 1.165) is 5.56 Å². The molecule has 1 aromatic rings. The maximum atomic E-state index is 11.9. The van der Waals surface area contributed by atoms with E-state index in [1.807, 2.05) is 20.8 Å². The average Bonchev–Trinajstić information content (AvgIpc) is 2.60. The first-order valence-electron chi connectivity index (χ1n) is 8.75. The van der Waals surface area contributed by atoms with E-state index in [4.69, 9.17) is 18.4 Å². The summed E-state index contributed by atoms with van der Waals surface area (Å²) < 4.78 is 17.3. The Labute approximate surface area is 151 Å². The van der Waals surface area contributed by atoms with Gasteiger partial charge in [-0.25, -0.2) is 4.79 Å². The van der Waals surface area contributed by atoms with E-state index in [1.54, 1.807) is 24.3 Å². The van der Waals surface area contributed by atoms with Crippen molar-refractivity contribution >= 4 is 20.5 Å². The van der Waals surface area contributed by atoms with Crippen molar-refractivity contribution in [2.24, 2.45) is 0 Å². The second-order valence-corrected chi connectivity index (χ2v) is 8.05. The van der Waals surface area contributed by atoms with E-state index in [1.165, 1.54) is 0 Å². The van der Waals surface area contributed by atoms with Crippen LogP contribution in [0.2, 0.25) is 6.04 Å². The molecule has 0 aliphatic carbocycles. The SMILES string of the molecule is CCO[Si](CCCNC(=O)Nc1ccc(CO)cc1)(OCC)OCC. The fourth-order valence-corrected chi connectivity index (χ4v) is 4.99. The highest BCUT2D eigenvalue weighted by Crippen LogP contribution is 2.17. The van der Waals surface area contributed by atoms with Gasteiger partial charge in [-0.15, -0.1) is 0 Å². The van der Waals surface area contributed by atoms with Crippen LogP contribution in [0.25, 0.3) is 0 Å². The quantitative estimate of drug-likeness (QED) is 0.389. The number of amides is 2. The molecular formula is C17H30N2O5Si. The molecule has 8 heteroatoms. The lowest BCUT2D eigenvalue weighted by atomic mass is 10.2. The predicted molar refractivity (Wildman–Crippen MR) is 99.4 cm³/mol. The van der Waals surface area contributed by atoms with Crippen LogP contribution in [0.4, 0.5) is 10.5 Å². The van der Waals surface area contributed by atoms with Crippen molar-refractivity contribution in [1.29, 1.82) is 0 Å². The molecule has 0 aliphatic heterocycles. The van der Waals surface area contributed by atoms with Crippen molar-refractivity contribution in [2.75, 3.05) is 31.7 Å². The van der Waals surface area contributed by atoms with E-state index in [9.17, 15) is 4.79 Å². The van der Waals surface area contributed by atoms with Gasteiger partial charge in [0.05, 0.1) is 6.61 Å². The van der Waals surface area contributed by atoms with Crippen LogP contribution in [0.15, 0.2) is 24.3 Å². The monoisotopic (exact) mass is 370 g/mol. The molecular weight excluding hydrogens is 340 g/mol. The van der Waals surface area contributed by atoms with Crippen molar-refractivity contribution in [1.82, 2.24) is 5.32 Å². The first-order valence-corrected chi connectivity index (χ1v) is 10.7. The van der Waals surface area contributed by atoms with E-state index in [-0.39, 0.29) is 12.6 Å². The molecule has 0 unspecified atom stereocenters. The van der Waals surface area contributed by atoms with Crippen LogP contribution in [0, 0.1) is 0 Å². The topological polar surface area (TPSA) is 89.1 Å². The summed E-state index contributed by atoms with van der Waals surface area (Å²) in [6.07, 6.45) is 0.711. The lowest BCUT2D eigenvalue weighted by Crippen LogP contribution is -2.46. The number of aliphatic hydroxyl groups excluding tert-OH is 1. The van der Waals surface area contributed by atoms with Gasteiger partial charge < -0.3 is 29.0 Å². The number of nitrogens with one attached hydrogen (secondary N) is 2. The van der Waals surface area contributed by atoms with Crippen LogP contribution in [-0.2, 0) is 19.9 Å². The second kappa shape index (κ2) is 12.0. The van der Waals surface area contributed by atoms with Crippen LogP contribution in [0.3, 0.4) is 0 Å². The van der Waals surface area contributed by atoms with Crippen molar-refractivity contribution in [3.63, 3.8) is 0 Å². The summed E-state index contributed by atoms with van der Waals surface area (Å²) >= 11 is 0. The Bertz CT molecular complexity index is 481. The van der Waals surface area contributed by atoms with Gasteiger partial charge in [0.25, 0.3) is 0 Å². The number of benzene rings is 1. The molecule has 1 aromatic carbocycles. The first kappa shape index (κ1) is 21.6. The molecule has 0 saturated carbocycles. The zero-order chi connectivity index (χ0) is 18.5. The highest BCUT2D eigenvalue weighted by molar-refractivity contribution is 6.60. The Balaban J connectivity index is 2.39. The third-order valence-corrected chi connectivity index (χ3v) is 6.58. The minimum absolute atomic E-state index is 0.0163. The van der Waals surface area contributed by atoms with Crippen molar-refractivity contribution in [3.05, 3.63) is 29.8 Å². The summed E-state index contributed by atoms with van der Waals surface area (Å²) in [6, 6.07) is 7.43. The molecule has 25 heavy (non-hydrogen) atoms. The Morgan fingerprint density at radius 1 is 1.04 bits per heavy atom. The molecule has 0 saturated heterocycles. The van der Waals surface area contributed by atoms with Crippen LogP contribution in [0.5, 0.6) is 0 Å². The molecule has 0 bridgehead atoms. The van der Waals surface area contributed by atoms with Crippen molar-refractivity contribution in [3.8, 4) is 0 Å². The normalized spacial score (nSPS) is 11.4. The second-order valence-electron chi connectivity index (χ2n) is 5.32. The summed E-state index contributed by atoms with van der Waals surface area (Å²) in [6.45, 7) is 7.90. The zero-order valence-electron chi connectivity index (χ0n) is 15.3. The van der Waals surface area contributed by atoms with Gasteiger partial charge in [-0.05, 0) is 44.9 Å². The van der Waals surface area contributed by atoms with Gasteiger partial charge in [-0.2, -0.15) is 0 Å². The summed E-state index contributed by atoms with van der Waals surface area (Å²) in [5, 5.41) is 14.6. The molecule has 2 amide bonds. The molecule has 0 fully saturated rings. The first-order chi connectivity index (χ1) is 12.1. The molecule has 7 nitrogen and oxygen atoms in total. The van der Waals surface area contributed by atoms with E-state index >= 15 is 0 Å². The van der Waals surface area contributed by atoms with Gasteiger partial charge in [-0.1, -0.05) is 12.1 Å². The third kappa shape index (κ3) is 7.98. The number of anilines is 1. The fraction of sp³-hybridized carbons (Fsp3) is 0.588. The van der Waals surface area contributed by atoms with Gasteiger partial charge in [-0.3, -0.25) is 0 Å². The number of urea groups is 1. The molecule has 0 spiro atoms. The molecule has 3 N–H and O–H groups in total. The lowest BCUT2D eigenvalue weighted by Gasteiger charge is -2.28. The molecule has 142 valence electrons. The lowest BCUT2D eigenvalue weighted by molar-refractivity contribution is 0.0708. The fourth-order valence-electron chi connectivity index (χ4n) is 2.38. The number of hydrogen-bond acceptors (Lipinski definition) is 5. The predicted octanol–water partition coefficient (Wildman–Crippen LogP) is 2.74. The third-order valence-electron chi connectivity index (χ3n) is 3.43. The molecule has 0 heterocycles. The largest absolute Gasteiger partial charge is 0.500 e. The summed E-state index contributed by atoms with van der Waals surface area (Å²) in [5.41, 5.74) is 1.48.